The van der Waals surface area contributed by atoms with Gasteiger partial charge in [0.15, 0.2) is 7.51 Å². The zero-order valence-electron chi connectivity index (χ0n) is 12.7. The molecule has 0 aromatic rings. The lowest BCUT2D eigenvalue weighted by atomic mass is 10.4. The molecule has 3 fully saturated rings. The van der Waals surface area contributed by atoms with Crippen LogP contribution in [0, 0.1) is 0 Å². The molecule has 0 bridgehead atoms. The van der Waals surface area contributed by atoms with Gasteiger partial charge in [-0.05, 0) is 38.5 Å². The molecule has 0 aromatic heterocycles. The van der Waals surface area contributed by atoms with Crippen molar-refractivity contribution in [2.45, 2.75) is 38.5 Å². The van der Waals surface area contributed by atoms with E-state index in [1.54, 1.807) is 0 Å². The van der Waals surface area contributed by atoms with Crippen LogP contribution < -0.4 is 0 Å². The fraction of sp³-hybridized carbons (Fsp3) is 0.867. The van der Waals surface area contributed by atoms with Crippen molar-refractivity contribution in [1.29, 1.82) is 0 Å². The van der Waals surface area contributed by atoms with E-state index >= 15 is 0 Å². The second kappa shape index (κ2) is 6.74. The molecule has 0 saturated carbocycles. The highest BCUT2D eigenvalue weighted by molar-refractivity contribution is 7.59. The molecule has 4 nitrogen and oxygen atoms in total. The maximum Gasteiger partial charge on any atom is 0.168 e. The highest BCUT2D eigenvalue weighted by atomic mass is 31.2. The first-order valence-electron chi connectivity index (χ1n) is 8.33. The van der Waals surface area contributed by atoms with Gasteiger partial charge in [0.05, 0.1) is 6.54 Å². The summed E-state index contributed by atoms with van der Waals surface area (Å²) < 4.78 is 13.6. The zero-order chi connectivity index (χ0) is 13.8. The van der Waals surface area contributed by atoms with Gasteiger partial charge in [0.1, 0.15) is 0 Å². The Balaban J connectivity index is 1.98. The maximum atomic E-state index is 5.29. The number of hydrogen-bond donors (Lipinski definition) is 0. The van der Waals surface area contributed by atoms with Gasteiger partial charge in [-0.15, -0.1) is 6.58 Å². The largest absolute Gasteiger partial charge is 0.256 e. The Labute approximate surface area is 124 Å². The van der Waals surface area contributed by atoms with Crippen molar-refractivity contribution < 1.29 is 0 Å². The zero-order valence-corrected chi connectivity index (χ0v) is 13.6. The molecule has 3 rings (SSSR count). The highest BCUT2D eigenvalue weighted by Crippen LogP contribution is 2.62. The quantitative estimate of drug-likeness (QED) is 0.573. The fourth-order valence-electron chi connectivity index (χ4n) is 3.88. The minimum atomic E-state index is -1.60. The van der Waals surface area contributed by atoms with Gasteiger partial charge in [-0.2, -0.15) is 0 Å². The number of nitrogens with zero attached hydrogens (tertiary/aromatic N) is 4. The van der Waals surface area contributed by atoms with E-state index in [2.05, 4.69) is 20.6 Å². The van der Waals surface area contributed by atoms with Crippen LogP contribution in [0.25, 0.3) is 0 Å². The molecule has 20 heavy (non-hydrogen) atoms. The lowest BCUT2D eigenvalue weighted by Crippen LogP contribution is -2.38. The third-order valence-electron chi connectivity index (χ3n) is 4.79. The second-order valence-corrected chi connectivity index (χ2v) is 9.18. The van der Waals surface area contributed by atoms with Gasteiger partial charge in [-0.3, -0.25) is 4.74 Å². The van der Waals surface area contributed by atoms with E-state index in [1.165, 1.54) is 77.8 Å². The molecule has 0 aliphatic carbocycles. The SMILES string of the molecule is C=CCN=P(N1CCCC1)(N1CCCC1)N1CCCC1. The van der Waals surface area contributed by atoms with Crippen molar-refractivity contribution in [2.24, 2.45) is 4.74 Å². The molecule has 114 valence electrons. The van der Waals surface area contributed by atoms with Crippen LogP contribution in [0.3, 0.4) is 0 Å². The summed E-state index contributed by atoms with van der Waals surface area (Å²) in [5.74, 6) is 0. The van der Waals surface area contributed by atoms with Gasteiger partial charge >= 0.3 is 0 Å². The average Bonchev–Trinajstić information content (AvgIpc) is 3.23. The van der Waals surface area contributed by atoms with Gasteiger partial charge in [-0.1, -0.05) is 6.08 Å². The third kappa shape index (κ3) is 2.64. The van der Waals surface area contributed by atoms with Gasteiger partial charge in [-0.25, -0.2) is 14.0 Å². The first kappa shape index (κ1) is 14.8. The van der Waals surface area contributed by atoms with Crippen LogP contribution in [0.4, 0.5) is 0 Å². The molecule has 0 aromatic carbocycles. The number of rotatable bonds is 5. The van der Waals surface area contributed by atoms with Crippen LogP contribution in [-0.4, -0.2) is 59.8 Å². The standard InChI is InChI=1S/C15H29N4P/c1-2-9-16-20(17-10-3-4-11-17,18-12-5-6-13-18)19-14-7-8-15-19/h2H,1,3-15H2. The summed E-state index contributed by atoms with van der Waals surface area (Å²) in [4.78, 5) is 0. The van der Waals surface area contributed by atoms with Gasteiger partial charge in [0, 0.05) is 39.3 Å². The fourth-order valence-corrected chi connectivity index (χ4v) is 8.28. The molecule has 3 aliphatic rings. The summed E-state index contributed by atoms with van der Waals surface area (Å²) in [6, 6.07) is 0. The summed E-state index contributed by atoms with van der Waals surface area (Å²) in [7, 11) is -1.60. The molecule has 0 spiro atoms. The lowest BCUT2D eigenvalue weighted by Gasteiger charge is -2.45. The summed E-state index contributed by atoms with van der Waals surface area (Å²) in [5.41, 5.74) is 0. The van der Waals surface area contributed by atoms with Crippen molar-refractivity contribution in [3.8, 4) is 0 Å². The van der Waals surface area contributed by atoms with E-state index < -0.39 is 7.51 Å². The Hall–Kier alpha value is -0.150. The van der Waals surface area contributed by atoms with Crippen molar-refractivity contribution in [3.63, 3.8) is 0 Å². The van der Waals surface area contributed by atoms with Crippen molar-refractivity contribution in [3.05, 3.63) is 12.7 Å². The molecule has 3 aliphatic heterocycles. The monoisotopic (exact) mass is 296 g/mol. The maximum absolute atomic E-state index is 5.29. The first-order chi connectivity index (χ1) is 9.88. The number of hydrogen-bond acceptors (Lipinski definition) is 1. The molecule has 0 unspecified atom stereocenters. The molecule has 0 amide bonds. The Kier molecular flexibility index (Phi) is 4.98. The van der Waals surface area contributed by atoms with Crippen LogP contribution in [0.15, 0.2) is 17.4 Å². The van der Waals surface area contributed by atoms with Crippen molar-refractivity contribution in [2.75, 3.05) is 45.8 Å². The van der Waals surface area contributed by atoms with Crippen LogP contribution in [0.5, 0.6) is 0 Å². The molecule has 0 atom stereocenters. The summed E-state index contributed by atoms with van der Waals surface area (Å²) in [6.07, 6.45) is 10.1. The summed E-state index contributed by atoms with van der Waals surface area (Å²) >= 11 is 0. The summed E-state index contributed by atoms with van der Waals surface area (Å²) in [5, 5.41) is 0. The average molecular weight is 296 g/mol. The van der Waals surface area contributed by atoms with E-state index in [9.17, 15) is 0 Å². The van der Waals surface area contributed by atoms with Gasteiger partial charge < -0.3 is 0 Å². The van der Waals surface area contributed by atoms with Crippen LogP contribution >= 0.6 is 7.51 Å². The smallest absolute Gasteiger partial charge is 0.168 e. The minimum absolute atomic E-state index is 0.817. The Morgan fingerprint density at radius 2 is 1.10 bits per heavy atom. The van der Waals surface area contributed by atoms with Crippen molar-refractivity contribution in [1.82, 2.24) is 14.0 Å². The molecular weight excluding hydrogens is 267 g/mol. The normalized spacial score (nSPS) is 26.4. The third-order valence-corrected chi connectivity index (χ3v) is 8.81. The second-order valence-electron chi connectivity index (χ2n) is 6.13. The Bertz CT molecular complexity index is 330. The van der Waals surface area contributed by atoms with Crippen LogP contribution in [0.1, 0.15) is 38.5 Å². The van der Waals surface area contributed by atoms with Crippen molar-refractivity contribution >= 4 is 7.51 Å². The highest BCUT2D eigenvalue weighted by Gasteiger charge is 2.42. The molecule has 3 saturated heterocycles. The predicted octanol–water partition coefficient (Wildman–Crippen LogP) is 3.41. The van der Waals surface area contributed by atoms with Crippen LogP contribution in [-0.2, 0) is 0 Å². The van der Waals surface area contributed by atoms with E-state index in [0.29, 0.717) is 0 Å². The lowest BCUT2D eigenvalue weighted by molar-refractivity contribution is 0.383. The summed E-state index contributed by atoms with van der Waals surface area (Å²) in [6.45, 7) is 12.2. The van der Waals surface area contributed by atoms with E-state index in [1.807, 2.05) is 6.08 Å². The topological polar surface area (TPSA) is 22.1 Å². The molecule has 0 N–H and O–H groups in total. The first-order valence-corrected chi connectivity index (χ1v) is 9.93. The van der Waals surface area contributed by atoms with Crippen LogP contribution in [0.2, 0.25) is 0 Å². The molecule has 3 heterocycles. The Morgan fingerprint density at radius 1 is 0.750 bits per heavy atom. The Morgan fingerprint density at radius 3 is 1.40 bits per heavy atom. The predicted molar refractivity (Wildman–Crippen MR) is 86.8 cm³/mol. The van der Waals surface area contributed by atoms with E-state index in [4.69, 9.17) is 4.74 Å². The van der Waals surface area contributed by atoms with Gasteiger partial charge in [0.2, 0.25) is 0 Å². The van der Waals surface area contributed by atoms with E-state index in [0.717, 1.165) is 6.54 Å². The minimum Gasteiger partial charge on any atom is -0.256 e. The van der Waals surface area contributed by atoms with Gasteiger partial charge in [0.25, 0.3) is 0 Å². The van der Waals surface area contributed by atoms with E-state index in [-0.39, 0.29) is 0 Å². The molecular formula is C15H29N4P. The molecule has 0 radical (unpaired) electrons. The molecule has 5 heteroatoms.